The number of nitrogens with two attached hydrogens (primary N) is 1. The lowest BCUT2D eigenvalue weighted by Crippen LogP contribution is -2.38. The Morgan fingerprint density at radius 2 is 1.68 bits per heavy atom. The monoisotopic (exact) mass is 403 g/mol. The molecular formula is C21H26ClN3O3. The van der Waals surface area contributed by atoms with Gasteiger partial charge in [-0.2, -0.15) is 0 Å². The van der Waals surface area contributed by atoms with Gasteiger partial charge in [-0.3, -0.25) is 9.59 Å². The van der Waals surface area contributed by atoms with Gasteiger partial charge < -0.3 is 21.1 Å². The highest BCUT2D eigenvalue weighted by molar-refractivity contribution is 5.96. The third-order valence-corrected chi connectivity index (χ3v) is 4.62. The molecule has 0 spiro atoms. The van der Waals surface area contributed by atoms with Gasteiger partial charge in [0, 0.05) is 43.0 Å². The molecule has 0 radical (unpaired) electrons. The van der Waals surface area contributed by atoms with Gasteiger partial charge in [-0.1, -0.05) is 30.3 Å². The molecule has 150 valence electrons. The van der Waals surface area contributed by atoms with Gasteiger partial charge in [0.15, 0.2) is 0 Å². The summed E-state index contributed by atoms with van der Waals surface area (Å²) in [7, 11) is 0. The first kappa shape index (κ1) is 21.9. The van der Waals surface area contributed by atoms with Gasteiger partial charge in [0.05, 0.1) is 0 Å². The minimum atomic E-state index is -0.351. The van der Waals surface area contributed by atoms with Crippen LogP contribution in [0.1, 0.15) is 41.2 Å². The van der Waals surface area contributed by atoms with Crippen LogP contribution in [0, 0.1) is 0 Å². The molecule has 2 amide bonds. The topological polar surface area (TPSA) is 93.5 Å². The summed E-state index contributed by atoms with van der Waals surface area (Å²) in [6.45, 7) is 1.36. The number of benzene rings is 2. The Kier molecular flexibility index (Phi) is 8.44. The van der Waals surface area contributed by atoms with Crippen LogP contribution in [0.3, 0.4) is 0 Å². The maximum absolute atomic E-state index is 12.3. The second kappa shape index (κ2) is 10.8. The van der Waals surface area contributed by atoms with E-state index in [9.17, 15) is 9.59 Å². The summed E-state index contributed by atoms with van der Waals surface area (Å²) in [6.07, 6.45) is 1.86. The summed E-state index contributed by atoms with van der Waals surface area (Å²) >= 11 is 0. The Morgan fingerprint density at radius 3 is 2.32 bits per heavy atom. The number of anilines is 1. The van der Waals surface area contributed by atoms with Crippen molar-refractivity contribution in [3.8, 4) is 0 Å². The standard InChI is InChI=1S/C21H25N3O3.ClH/c22-19(15-4-2-1-3-5-15)14-20(25)23-17-8-6-16(7-9-17)21(26)24-18-10-12-27-13-11-18;/h1-9,18-19H,10-14,22H2,(H,23,25)(H,24,26);1H. The molecule has 2 aromatic rings. The fourth-order valence-electron chi connectivity index (χ4n) is 3.05. The van der Waals surface area contributed by atoms with Crippen LogP contribution in [0.5, 0.6) is 0 Å². The van der Waals surface area contributed by atoms with Gasteiger partial charge in [-0.15, -0.1) is 12.4 Å². The predicted octanol–water partition coefficient (Wildman–Crippen LogP) is 3.05. The van der Waals surface area contributed by atoms with Crippen LogP contribution in [0.15, 0.2) is 54.6 Å². The Labute approximate surface area is 171 Å². The fourth-order valence-corrected chi connectivity index (χ4v) is 3.05. The molecule has 1 saturated heterocycles. The van der Waals surface area contributed by atoms with Crippen LogP contribution in [0.25, 0.3) is 0 Å². The van der Waals surface area contributed by atoms with E-state index in [2.05, 4.69) is 10.6 Å². The summed E-state index contributed by atoms with van der Waals surface area (Å²) in [5, 5.41) is 5.84. The second-order valence-corrected chi connectivity index (χ2v) is 6.71. The van der Waals surface area contributed by atoms with E-state index in [1.54, 1.807) is 24.3 Å². The van der Waals surface area contributed by atoms with Gasteiger partial charge in [-0.25, -0.2) is 0 Å². The molecule has 0 aromatic heterocycles. The zero-order chi connectivity index (χ0) is 19.1. The number of carbonyl (C=O) groups is 2. The molecular weight excluding hydrogens is 378 g/mol. The molecule has 0 bridgehead atoms. The van der Waals surface area contributed by atoms with Gasteiger partial charge in [0.25, 0.3) is 5.91 Å². The fraction of sp³-hybridized carbons (Fsp3) is 0.333. The van der Waals surface area contributed by atoms with Crippen LogP contribution in [0.2, 0.25) is 0 Å². The molecule has 1 aliphatic rings. The first-order valence-corrected chi connectivity index (χ1v) is 9.21. The van der Waals surface area contributed by atoms with E-state index in [1.807, 2.05) is 30.3 Å². The second-order valence-electron chi connectivity index (χ2n) is 6.71. The van der Waals surface area contributed by atoms with Crippen molar-refractivity contribution < 1.29 is 14.3 Å². The van der Waals surface area contributed by atoms with Crippen molar-refractivity contribution >= 4 is 29.9 Å². The Balaban J connectivity index is 0.00000280. The highest BCUT2D eigenvalue weighted by atomic mass is 35.5. The molecule has 1 atom stereocenters. The summed E-state index contributed by atoms with van der Waals surface area (Å²) in [4.78, 5) is 24.5. The number of hydrogen-bond donors (Lipinski definition) is 3. The van der Waals surface area contributed by atoms with Gasteiger partial charge in [0.1, 0.15) is 0 Å². The van der Waals surface area contributed by atoms with E-state index in [1.165, 1.54) is 0 Å². The number of halogens is 1. The Morgan fingerprint density at radius 1 is 1.04 bits per heavy atom. The molecule has 2 aromatic carbocycles. The van der Waals surface area contributed by atoms with Crippen molar-refractivity contribution in [1.82, 2.24) is 5.32 Å². The van der Waals surface area contributed by atoms with Crippen LogP contribution in [-0.2, 0) is 9.53 Å². The summed E-state index contributed by atoms with van der Waals surface area (Å²) in [6, 6.07) is 16.2. The largest absolute Gasteiger partial charge is 0.381 e. The zero-order valence-electron chi connectivity index (χ0n) is 15.6. The molecule has 4 N–H and O–H groups in total. The number of nitrogens with one attached hydrogen (secondary N) is 2. The molecule has 6 nitrogen and oxygen atoms in total. The van der Waals surface area contributed by atoms with Crippen molar-refractivity contribution in [3.63, 3.8) is 0 Å². The SMILES string of the molecule is Cl.NC(CC(=O)Nc1ccc(C(=O)NC2CCOCC2)cc1)c1ccccc1. The van der Waals surface area contributed by atoms with E-state index in [4.69, 9.17) is 10.5 Å². The average molecular weight is 404 g/mol. The smallest absolute Gasteiger partial charge is 0.251 e. The Bertz CT molecular complexity index is 762. The van der Waals surface area contributed by atoms with Crippen molar-refractivity contribution in [2.24, 2.45) is 5.73 Å². The number of hydrogen-bond acceptors (Lipinski definition) is 4. The van der Waals surface area contributed by atoms with Crippen LogP contribution < -0.4 is 16.4 Å². The number of amides is 2. The summed E-state index contributed by atoms with van der Waals surface area (Å²) < 4.78 is 5.29. The van der Waals surface area contributed by atoms with E-state index in [0.717, 1.165) is 18.4 Å². The third-order valence-electron chi connectivity index (χ3n) is 4.62. The number of carbonyl (C=O) groups excluding carboxylic acids is 2. The number of rotatable bonds is 6. The van der Waals surface area contributed by atoms with Crippen LogP contribution in [0.4, 0.5) is 5.69 Å². The van der Waals surface area contributed by atoms with E-state index in [-0.39, 0.29) is 42.7 Å². The molecule has 1 heterocycles. The summed E-state index contributed by atoms with van der Waals surface area (Å²) in [5.74, 6) is -0.267. The molecule has 0 saturated carbocycles. The molecule has 0 aliphatic carbocycles. The normalized spacial score (nSPS) is 15.2. The quantitative estimate of drug-likeness (QED) is 0.691. The first-order valence-electron chi connectivity index (χ1n) is 9.21. The molecule has 1 fully saturated rings. The van der Waals surface area contributed by atoms with Crippen molar-refractivity contribution in [2.75, 3.05) is 18.5 Å². The molecule has 7 heteroatoms. The minimum Gasteiger partial charge on any atom is -0.381 e. The van der Waals surface area contributed by atoms with Crippen molar-refractivity contribution in [3.05, 3.63) is 65.7 Å². The van der Waals surface area contributed by atoms with E-state index in [0.29, 0.717) is 24.5 Å². The van der Waals surface area contributed by atoms with Crippen molar-refractivity contribution in [2.45, 2.75) is 31.3 Å². The molecule has 3 rings (SSSR count). The predicted molar refractivity (Wildman–Crippen MR) is 112 cm³/mol. The average Bonchev–Trinajstić information content (AvgIpc) is 2.70. The lowest BCUT2D eigenvalue weighted by molar-refractivity contribution is -0.116. The Hall–Kier alpha value is -2.41. The van der Waals surface area contributed by atoms with Gasteiger partial charge in [0.2, 0.25) is 5.91 Å². The molecule has 28 heavy (non-hydrogen) atoms. The third kappa shape index (κ3) is 6.34. The van der Waals surface area contributed by atoms with Crippen LogP contribution >= 0.6 is 12.4 Å². The van der Waals surface area contributed by atoms with Crippen molar-refractivity contribution in [1.29, 1.82) is 0 Å². The maximum Gasteiger partial charge on any atom is 0.251 e. The minimum absolute atomic E-state index is 0. The lowest BCUT2D eigenvalue weighted by Gasteiger charge is -2.23. The van der Waals surface area contributed by atoms with Crippen LogP contribution in [-0.4, -0.2) is 31.1 Å². The lowest BCUT2D eigenvalue weighted by atomic mass is 10.0. The summed E-state index contributed by atoms with van der Waals surface area (Å²) in [5.41, 5.74) is 8.21. The first-order chi connectivity index (χ1) is 13.1. The highest BCUT2D eigenvalue weighted by Gasteiger charge is 2.17. The number of ether oxygens (including phenoxy) is 1. The molecule has 1 aliphatic heterocycles. The molecule has 1 unspecified atom stereocenters. The zero-order valence-corrected chi connectivity index (χ0v) is 16.4. The van der Waals surface area contributed by atoms with Gasteiger partial charge in [-0.05, 0) is 42.7 Å². The van der Waals surface area contributed by atoms with E-state index >= 15 is 0 Å². The highest BCUT2D eigenvalue weighted by Crippen LogP contribution is 2.16. The van der Waals surface area contributed by atoms with Gasteiger partial charge >= 0.3 is 0 Å². The maximum atomic E-state index is 12.3. The van der Waals surface area contributed by atoms with E-state index < -0.39 is 0 Å².